The van der Waals surface area contributed by atoms with Gasteiger partial charge in [-0.15, -0.1) is 4.40 Å². The molecule has 0 aromatic heterocycles. The molecule has 0 bridgehead atoms. The topological polar surface area (TPSA) is 96.1 Å². The molecule has 0 saturated carbocycles. The molecule has 2 rings (SSSR count). The summed E-state index contributed by atoms with van der Waals surface area (Å²) in [5.41, 5.74) is 6.54. The maximum absolute atomic E-state index is 12.4. The van der Waals surface area contributed by atoms with E-state index >= 15 is 0 Å². The van der Waals surface area contributed by atoms with E-state index < -0.39 is 10.0 Å². The third-order valence-electron chi connectivity index (χ3n) is 4.43. The zero-order valence-electron chi connectivity index (χ0n) is 15.1. The minimum Gasteiger partial charge on any atom is -0.349 e. The van der Waals surface area contributed by atoms with Crippen molar-refractivity contribution in [1.82, 2.24) is 9.80 Å². The van der Waals surface area contributed by atoms with Crippen molar-refractivity contribution >= 4 is 21.8 Å². The van der Waals surface area contributed by atoms with Gasteiger partial charge in [-0.2, -0.15) is 8.42 Å². The first-order valence-corrected chi connectivity index (χ1v) is 9.72. The predicted octanol–water partition coefficient (Wildman–Crippen LogP) is 0.899. The molecule has 7 nitrogen and oxygen atoms in total. The van der Waals surface area contributed by atoms with Crippen LogP contribution in [0.25, 0.3) is 0 Å². The molecule has 1 unspecified atom stereocenters. The summed E-state index contributed by atoms with van der Waals surface area (Å²) in [7, 11) is -0.287. The van der Waals surface area contributed by atoms with Crippen LogP contribution in [-0.4, -0.2) is 63.2 Å². The van der Waals surface area contributed by atoms with Crippen LogP contribution in [-0.2, 0) is 14.8 Å². The van der Waals surface area contributed by atoms with E-state index in [9.17, 15) is 13.2 Å². The average molecular weight is 366 g/mol. The van der Waals surface area contributed by atoms with Crippen LogP contribution in [0.1, 0.15) is 25.8 Å². The van der Waals surface area contributed by atoms with Crippen molar-refractivity contribution in [2.75, 3.05) is 27.2 Å². The molecule has 1 aromatic carbocycles. The molecule has 2 N–H and O–H groups in total. The zero-order chi connectivity index (χ0) is 18.8. The van der Waals surface area contributed by atoms with E-state index in [2.05, 4.69) is 18.2 Å². The van der Waals surface area contributed by atoms with Gasteiger partial charge in [-0.3, -0.25) is 4.79 Å². The van der Waals surface area contributed by atoms with Crippen molar-refractivity contribution < 1.29 is 13.2 Å². The standard InChI is InChI=1S/C17H26N4O3S/c1-12(2)14(18)9-10-20(3)16(22)11-21(4)17-13-7-5-6-8-15(13)25(23,24)19-17/h5-8,12,14H,9-11,18H2,1-4H3. The second-order valence-electron chi connectivity index (χ2n) is 6.75. The number of amides is 1. The highest BCUT2D eigenvalue weighted by molar-refractivity contribution is 7.90. The van der Waals surface area contributed by atoms with Crippen LogP contribution in [0.5, 0.6) is 0 Å². The van der Waals surface area contributed by atoms with Crippen LogP contribution in [0.15, 0.2) is 33.6 Å². The normalized spacial score (nSPS) is 16.3. The number of rotatable bonds is 6. The Morgan fingerprint density at radius 2 is 1.88 bits per heavy atom. The van der Waals surface area contributed by atoms with Gasteiger partial charge in [-0.25, -0.2) is 0 Å². The van der Waals surface area contributed by atoms with Gasteiger partial charge in [0, 0.05) is 32.2 Å². The van der Waals surface area contributed by atoms with Crippen LogP contribution >= 0.6 is 0 Å². The van der Waals surface area contributed by atoms with Gasteiger partial charge in [0.05, 0.1) is 6.54 Å². The zero-order valence-corrected chi connectivity index (χ0v) is 16.0. The van der Waals surface area contributed by atoms with Crippen molar-refractivity contribution in [2.45, 2.75) is 31.2 Å². The first kappa shape index (κ1) is 19.4. The Morgan fingerprint density at radius 3 is 2.52 bits per heavy atom. The van der Waals surface area contributed by atoms with E-state index in [0.29, 0.717) is 23.9 Å². The van der Waals surface area contributed by atoms with Crippen LogP contribution in [0, 0.1) is 5.92 Å². The summed E-state index contributed by atoms with van der Waals surface area (Å²) in [5, 5.41) is 0. The molecule has 0 saturated heterocycles. The van der Waals surface area contributed by atoms with Gasteiger partial charge >= 0.3 is 0 Å². The molecule has 1 aliphatic heterocycles. The summed E-state index contributed by atoms with van der Waals surface area (Å²) >= 11 is 0. The van der Waals surface area contributed by atoms with Crippen molar-refractivity contribution in [1.29, 1.82) is 0 Å². The number of benzene rings is 1. The number of carbonyl (C=O) groups is 1. The number of hydrogen-bond acceptors (Lipinski definition) is 5. The number of fused-ring (bicyclic) bond motifs is 1. The number of nitrogens with zero attached hydrogens (tertiary/aromatic N) is 3. The fourth-order valence-electron chi connectivity index (χ4n) is 2.56. The molecule has 1 atom stereocenters. The Hall–Kier alpha value is -1.93. The number of sulfonamides is 1. The van der Waals surface area contributed by atoms with Crippen LogP contribution in [0.2, 0.25) is 0 Å². The molecule has 0 spiro atoms. The SMILES string of the molecule is CC(C)C(N)CCN(C)C(=O)CN(C)C1=NS(=O)(=O)c2ccccc21. The number of amidine groups is 1. The molecule has 0 fully saturated rings. The van der Waals surface area contributed by atoms with E-state index in [1.807, 2.05) is 0 Å². The molecule has 8 heteroatoms. The molecule has 0 aliphatic carbocycles. The second kappa shape index (κ2) is 7.53. The van der Waals surface area contributed by atoms with Crippen molar-refractivity contribution in [2.24, 2.45) is 16.0 Å². The average Bonchev–Trinajstić information content (AvgIpc) is 2.84. The summed E-state index contributed by atoms with van der Waals surface area (Å²) in [4.78, 5) is 15.8. The van der Waals surface area contributed by atoms with E-state index in [0.717, 1.165) is 6.42 Å². The minimum atomic E-state index is -3.68. The smallest absolute Gasteiger partial charge is 0.285 e. The van der Waals surface area contributed by atoms with Gasteiger partial charge in [-0.1, -0.05) is 26.0 Å². The maximum Gasteiger partial charge on any atom is 0.285 e. The summed E-state index contributed by atoms with van der Waals surface area (Å²) in [6, 6.07) is 6.68. The molecule has 138 valence electrons. The highest BCUT2D eigenvalue weighted by atomic mass is 32.2. The fraction of sp³-hybridized carbons (Fsp3) is 0.529. The molecular weight excluding hydrogens is 340 g/mol. The molecule has 25 heavy (non-hydrogen) atoms. The highest BCUT2D eigenvalue weighted by Crippen LogP contribution is 2.26. The Kier molecular flexibility index (Phi) is 5.84. The monoisotopic (exact) mass is 366 g/mol. The lowest BCUT2D eigenvalue weighted by atomic mass is 10.0. The Labute approximate surface area is 149 Å². The number of likely N-dealkylation sites (N-methyl/N-ethyl adjacent to an activating group) is 2. The maximum atomic E-state index is 12.4. The number of carbonyl (C=O) groups excluding carboxylic acids is 1. The molecular formula is C17H26N4O3S. The van der Waals surface area contributed by atoms with Crippen LogP contribution < -0.4 is 5.73 Å². The molecule has 1 aromatic rings. The minimum absolute atomic E-state index is 0.0456. The second-order valence-corrected chi connectivity index (χ2v) is 8.33. The third kappa shape index (κ3) is 4.38. The molecule has 1 heterocycles. The quantitative estimate of drug-likeness (QED) is 0.807. The predicted molar refractivity (Wildman–Crippen MR) is 97.9 cm³/mol. The van der Waals surface area contributed by atoms with Crippen molar-refractivity contribution in [3.8, 4) is 0 Å². The van der Waals surface area contributed by atoms with Gasteiger partial charge in [0.15, 0.2) is 5.84 Å². The van der Waals surface area contributed by atoms with E-state index in [1.54, 1.807) is 42.1 Å². The highest BCUT2D eigenvalue weighted by Gasteiger charge is 2.31. The Morgan fingerprint density at radius 1 is 1.24 bits per heavy atom. The van der Waals surface area contributed by atoms with Gasteiger partial charge < -0.3 is 15.5 Å². The first-order valence-electron chi connectivity index (χ1n) is 8.28. The van der Waals surface area contributed by atoms with Crippen LogP contribution in [0.3, 0.4) is 0 Å². The van der Waals surface area contributed by atoms with E-state index in [4.69, 9.17) is 5.73 Å². The summed E-state index contributed by atoms with van der Waals surface area (Å²) < 4.78 is 28.0. The fourth-order valence-corrected chi connectivity index (χ4v) is 3.81. The summed E-state index contributed by atoms with van der Waals surface area (Å²) in [6.07, 6.45) is 0.724. The third-order valence-corrected chi connectivity index (χ3v) is 5.75. The molecule has 1 amide bonds. The first-order chi connectivity index (χ1) is 11.6. The van der Waals surface area contributed by atoms with Crippen LogP contribution in [0.4, 0.5) is 0 Å². The number of hydrogen-bond donors (Lipinski definition) is 1. The van der Waals surface area contributed by atoms with Gasteiger partial charge in [-0.05, 0) is 24.5 Å². The molecule has 1 aliphatic rings. The van der Waals surface area contributed by atoms with Crippen molar-refractivity contribution in [3.63, 3.8) is 0 Å². The largest absolute Gasteiger partial charge is 0.349 e. The Bertz CT molecular complexity index is 774. The van der Waals surface area contributed by atoms with E-state index in [-0.39, 0.29) is 23.4 Å². The summed E-state index contributed by atoms with van der Waals surface area (Å²) in [5.74, 6) is 0.555. The lowest BCUT2D eigenvalue weighted by Gasteiger charge is -2.25. The number of nitrogens with two attached hydrogens (primary N) is 1. The Balaban J connectivity index is 2.03. The molecule has 0 radical (unpaired) electrons. The van der Waals surface area contributed by atoms with Gasteiger partial charge in [0.1, 0.15) is 4.90 Å². The van der Waals surface area contributed by atoms with Gasteiger partial charge in [0.2, 0.25) is 5.91 Å². The summed E-state index contributed by atoms with van der Waals surface area (Å²) in [6.45, 7) is 4.72. The van der Waals surface area contributed by atoms with Gasteiger partial charge in [0.25, 0.3) is 10.0 Å². The van der Waals surface area contributed by atoms with E-state index in [1.165, 1.54) is 6.07 Å². The van der Waals surface area contributed by atoms with Crippen molar-refractivity contribution in [3.05, 3.63) is 29.8 Å². The lowest BCUT2D eigenvalue weighted by Crippen LogP contribution is -2.41. The lowest BCUT2D eigenvalue weighted by molar-refractivity contribution is -0.130.